The minimum atomic E-state index is -1.42. The van der Waals surface area contributed by atoms with Crippen molar-refractivity contribution in [2.75, 3.05) is 0 Å². The second-order valence-corrected chi connectivity index (χ2v) is 3.31. The third kappa shape index (κ3) is 2.79. The number of hydrogen-bond acceptors (Lipinski definition) is 4. The minimum absolute atomic E-state index is 0.222. The fourth-order valence-corrected chi connectivity index (χ4v) is 1.35. The van der Waals surface area contributed by atoms with E-state index in [4.69, 9.17) is 10.4 Å². The number of carbonyl (C=O) groups is 1. The molecule has 0 aliphatic rings. The molecule has 0 fully saturated rings. The molecule has 0 aliphatic carbocycles. The molecule has 84 valence electrons. The maximum Gasteiger partial charge on any atom is 0.306 e. The Balaban J connectivity index is 2.92. The lowest BCUT2D eigenvalue weighted by Crippen LogP contribution is -2.22. The molecule has 0 saturated carbocycles. The van der Waals surface area contributed by atoms with Crippen molar-refractivity contribution in [3.05, 3.63) is 35.4 Å². The summed E-state index contributed by atoms with van der Waals surface area (Å²) >= 11 is 0. The first kappa shape index (κ1) is 12.2. The third-order valence-electron chi connectivity index (χ3n) is 2.15. The Kier molecular flexibility index (Phi) is 4.00. The number of rotatable bonds is 4. The summed E-state index contributed by atoms with van der Waals surface area (Å²) in [5.74, 6) is -1.21. The summed E-state index contributed by atoms with van der Waals surface area (Å²) in [6, 6.07) is 8.07. The van der Waals surface area contributed by atoms with E-state index < -0.39 is 24.6 Å². The lowest BCUT2D eigenvalue weighted by atomic mass is 9.98. The van der Waals surface area contributed by atoms with Crippen LogP contribution in [0.5, 0.6) is 0 Å². The van der Waals surface area contributed by atoms with E-state index >= 15 is 0 Å². The smallest absolute Gasteiger partial charge is 0.306 e. The molecule has 0 bridgehead atoms. The van der Waals surface area contributed by atoms with Gasteiger partial charge in [0.2, 0.25) is 0 Å². The summed E-state index contributed by atoms with van der Waals surface area (Å²) in [7, 11) is 0. The Morgan fingerprint density at radius 2 is 2.00 bits per heavy atom. The second-order valence-electron chi connectivity index (χ2n) is 3.31. The average Bonchev–Trinajstić information content (AvgIpc) is 2.27. The Morgan fingerprint density at radius 1 is 1.38 bits per heavy atom. The molecule has 0 saturated heterocycles. The number of aliphatic hydroxyl groups is 2. The van der Waals surface area contributed by atoms with Gasteiger partial charge < -0.3 is 15.3 Å². The van der Waals surface area contributed by atoms with Crippen molar-refractivity contribution in [3.63, 3.8) is 0 Å². The lowest BCUT2D eigenvalue weighted by Gasteiger charge is -2.17. The van der Waals surface area contributed by atoms with Gasteiger partial charge in [-0.05, 0) is 6.07 Å². The van der Waals surface area contributed by atoms with Crippen molar-refractivity contribution in [1.82, 2.24) is 0 Å². The normalized spacial score (nSPS) is 13.8. The molecule has 3 N–H and O–H groups in total. The molecule has 5 heteroatoms. The molecule has 2 atom stereocenters. The van der Waals surface area contributed by atoms with Crippen LogP contribution in [0.25, 0.3) is 0 Å². The summed E-state index contributed by atoms with van der Waals surface area (Å²) in [5.41, 5.74) is 0.457. The van der Waals surface area contributed by atoms with E-state index in [9.17, 15) is 15.0 Å². The summed E-state index contributed by atoms with van der Waals surface area (Å²) < 4.78 is 0. The van der Waals surface area contributed by atoms with Gasteiger partial charge in [0.05, 0.1) is 24.2 Å². The largest absolute Gasteiger partial charge is 0.481 e. The van der Waals surface area contributed by atoms with Gasteiger partial charge in [-0.3, -0.25) is 4.79 Å². The second kappa shape index (κ2) is 5.26. The summed E-state index contributed by atoms with van der Waals surface area (Å²) in [6.07, 6.45) is -3.36. The van der Waals surface area contributed by atoms with Gasteiger partial charge in [-0.2, -0.15) is 5.26 Å². The van der Waals surface area contributed by atoms with Crippen LogP contribution in [0.1, 0.15) is 23.7 Å². The summed E-state index contributed by atoms with van der Waals surface area (Å²) in [5, 5.41) is 36.3. The van der Waals surface area contributed by atoms with E-state index in [1.54, 1.807) is 12.1 Å². The minimum Gasteiger partial charge on any atom is -0.481 e. The Morgan fingerprint density at radius 3 is 2.56 bits per heavy atom. The molecule has 1 aromatic rings. The van der Waals surface area contributed by atoms with Gasteiger partial charge in [-0.1, -0.05) is 18.2 Å². The van der Waals surface area contributed by atoms with Crippen LogP contribution in [0, 0.1) is 11.3 Å². The molecule has 16 heavy (non-hydrogen) atoms. The molecule has 0 spiro atoms. The van der Waals surface area contributed by atoms with Crippen LogP contribution in [-0.4, -0.2) is 27.4 Å². The molecule has 0 amide bonds. The van der Waals surface area contributed by atoms with Gasteiger partial charge in [-0.15, -0.1) is 0 Å². The average molecular weight is 221 g/mol. The number of carboxylic acids is 1. The van der Waals surface area contributed by atoms with Crippen LogP contribution in [0.4, 0.5) is 0 Å². The van der Waals surface area contributed by atoms with E-state index in [2.05, 4.69) is 0 Å². The third-order valence-corrected chi connectivity index (χ3v) is 2.15. The Labute approximate surface area is 92.2 Å². The first-order chi connectivity index (χ1) is 7.56. The van der Waals surface area contributed by atoms with Gasteiger partial charge in [0.15, 0.2) is 0 Å². The van der Waals surface area contributed by atoms with Crippen LogP contribution in [0.2, 0.25) is 0 Å². The molecular formula is C11H11NO4. The quantitative estimate of drug-likeness (QED) is 0.684. The summed E-state index contributed by atoms with van der Waals surface area (Å²) in [4.78, 5) is 10.4. The monoisotopic (exact) mass is 221 g/mol. The highest BCUT2D eigenvalue weighted by Crippen LogP contribution is 2.22. The molecular weight excluding hydrogens is 210 g/mol. The van der Waals surface area contributed by atoms with Crippen molar-refractivity contribution in [1.29, 1.82) is 5.26 Å². The SMILES string of the molecule is N#Cc1ccccc1C(O)C(O)CC(=O)O. The van der Waals surface area contributed by atoms with Crippen molar-refractivity contribution in [3.8, 4) is 6.07 Å². The molecule has 2 unspecified atom stereocenters. The molecule has 0 heterocycles. The zero-order chi connectivity index (χ0) is 12.1. The number of hydrogen-bond donors (Lipinski definition) is 3. The van der Waals surface area contributed by atoms with E-state index in [1.807, 2.05) is 6.07 Å². The number of nitriles is 1. The van der Waals surface area contributed by atoms with E-state index in [-0.39, 0.29) is 11.1 Å². The van der Waals surface area contributed by atoms with Crippen molar-refractivity contribution in [2.24, 2.45) is 0 Å². The molecule has 0 radical (unpaired) electrons. The highest BCUT2D eigenvalue weighted by molar-refractivity contribution is 5.67. The van der Waals surface area contributed by atoms with Crippen LogP contribution < -0.4 is 0 Å². The number of carboxylic acid groups (broad SMARTS) is 1. The lowest BCUT2D eigenvalue weighted by molar-refractivity contribution is -0.141. The van der Waals surface area contributed by atoms with Crippen LogP contribution in [0.3, 0.4) is 0 Å². The van der Waals surface area contributed by atoms with Crippen LogP contribution in [0.15, 0.2) is 24.3 Å². The Bertz CT molecular complexity index is 424. The van der Waals surface area contributed by atoms with E-state index in [0.717, 1.165) is 0 Å². The van der Waals surface area contributed by atoms with E-state index in [1.165, 1.54) is 12.1 Å². The van der Waals surface area contributed by atoms with Crippen LogP contribution >= 0.6 is 0 Å². The Hall–Kier alpha value is -1.90. The standard InChI is InChI=1S/C11H11NO4/c12-6-7-3-1-2-4-8(7)11(16)9(13)5-10(14)15/h1-4,9,11,13,16H,5H2,(H,14,15). The molecule has 1 rings (SSSR count). The highest BCUT2D eigenvalue weighted by atomic mass is 16.4. The summed E-state index contributed by atoms with van der Waals surface area (Å²) in [6.45, 7) is 0. The maximum absolute atomic E-state index is 10.4. The topological polar surface area (TPSA) is 102 Å². The van der Waals surface area contributed by atoms with Gasteiger partial charge in [-0.25, -0.2) is 0 Å². The number of nitrogens with zero attached hydrogens (tertiary/aromatic N) is 1. The van der Waals surface area contributed by atoms with Crippen molar-refractivity contribution in [2.45, 2.75) is 18.6 Å². The zero-order valence-corrected chi connectivity index (χ0v) is 8.37. The number of benzene rings is 1. The first-order valence-electron chi connectivity index (χ1n) is 4.63. The molecule has 0 aromatic heterocycles. The number of aliphatic hydroxyl groups excluding tert-OH is 2. The van der Waals surface area contributed by atoms with Gasteiger partial charge in [0.1, 0.15) is 6.10 Å². The zero-order valence-electron chi connectivity index (χ0n) is 8.37. The predicted octanol–water partition coefficient (Wildman–Crippen LogP) is 0.427. The predicted molar refractivity (Wildman–Crippen MR) is 54.4 cm³/mol. The van der Waals surface area contributed by atoms with Gasteiger partial charge in [0, 0.05) is 5.56 Å². The van der Waals surface area contributed by atoms with E-state index in [0.29, 0.717) is 0 Å². The van der Waals surface area contributed by atoms with Gasteiger partial charge in [0.25, 0.3) is 0 Å². The highest BCUT2D eigenvalue weighted by Gasteiger charge is 2.23. The fraction of sp³-hybridized carbons (Fsp3) is 0.273. The maximum atomic E-state index is 10.4. The number of aliphatic carboxylic acids is 1. The fourth-order valence-electron chi connectivity index (χ4n) is 1.35. The van der Waals surface area contributed by atoms with Crippen molar-refractivity contribution < 1.29 is 20.1 Å². The molecule has 1 aromatic carbocycles. The van der Waals surface area contributed by atoms with Crippen molar-refractivity contribution >= 4 is 5.97 Å². The molecule has 5 nitrogen and oxygen atoms in total. The first-order valence-corrected chi connectivity index (χ1v) is 4.63. The molecule has 0 aliphatic heterocycles. The van der Waals surface area contributed by atoms with Gasteiger partial charge >= 0.3 is 5.97 Å². The van der Waals surface area contributed by atoms with Crippen LogP contribution in [-0.2, 0) is 4.79 Å².